The number of halogens is 2. The lowest BCUT2D eigenvalue weighted by molar-refractivity contribution is 0.0913. The maximum atomic E-state index is 12.0. The summed E-state index contributed by atoms with van der Waals surface area (Å²) in [7, 11) is 0. The van der Waals surface area contributed by atoms with Gasteiger partial charge in [0.25, 0.3) is 5.91 Å². The van der Waals surface area contributed by atoms with Gasteiger partial charge in [0.05, 0.1) is 0 Å². The van der Waals surface area contributed by atoms with E-state index in [1.807, 2.05) is 31.2 Å². The quantitative estimate of drug-likeness (QED) is 0.825. The molecule has 0 saturated carbocycles. The van der Waals surface area contributed by atoms with E-state index in [-0.39, 0.29) is 11.4 Å². The average Bonchev–Trinajstić information content (AvgIpc) is 2.29. The SMILES string of the molecule is CCC(C)(CBr)NC(=O)c1cccc(Br)c1. The molecular weight excluding hydrogens is 334 g/mol. The van der Waals surface area contributed by atoms with Crippen molar-refractivity contribution in [2.45, 2.75) is 25.8 Å². The van der Waals surface area contributed by atoms with Gasteiger partial charge >= 0.3 is 0 Å². The second-order valence-electron chi connectivity index (χ2n) is 4.01. The van der Waals surface area contributed by atoms with Crippen molar-refractivity contribution in [3.05, 3.63) is 34.3 Å². The Morgan fingerprint density at radius 2 is 2.19 bits per heavy atom. The Morgan fingerprint density at radius 1 is 1.50 bits per heavy atom. The number of amides is 1. The van der Waals surface area contributed by atoms with E-state index in [0.717, 1.165) is 16.2 Å². The van der Waals surface area contributed by atoms with Gasteiger partial charge in [-0.2, -0.15) is 0 Å². The zero-order valence-electron chi connectivity index (χ0n) is 9.39. The lowest BCUT2D eigenvalue weighted by atomic mass is 10.0. The van der Waals surface area contributed by atoms with Crippen LogP contribution in [-0.2, 0) is 0 Å². The van der Waals surface area contributed by atoms with Crippen molar-refractivity contribution >= 4 is 37.8 Å². The van der Waals surface area contributed by atoms with E-state index in [1.54, 1.807) is 0 Å². The molecule has 1 N–H and O–H groups in total. The Balaban J connectivity index is 2.80. The molecule has 1 aromatic carbocycles. The summed E-state index contributed by atoms with van der Waals surface area (Å²) in [6, 6.07) is 7.39. The number of hydrogen-bond donors (Lipinski definition) is 1. The zero-order valence-corrected chi connectivity index (χ0v) is 12.6. The number of rotatable bonds is 4. The molecule has 0 aliphatic carbocycles. The second kappa shape index (κ2) is 5.82. The van der Waals surface area contributed by atoms with E-state index in [2.05, 4.69) is 44.1 Å². The van der Waals surface area contributed by atoms with Crippen molar-refractivity contribution in [2.24, 2.45) is 0 Å². The molecule has 0 spiro atoms. The van der Waals surface area contributed by atoms with Crippen LogP contribution in [0.4, 0.5) is 0 Å². The first-order valence-corrected chi connectivity index (χ1v) is 7.06. The summed E-state index contributed by atoms with van der Waals surface area (Å²) in [4.78, 5) is 12.0. The smallest absolute Gasteiger partial charge is 0.251 e. The van der Waals surface area contributed by atoms with Gasteiger partial charge in [-0.05, 0) is 31.5 Å². The van der Waals surface area contributed by atoms with Crippen molar-refractivity contribution in [3.8, 4) is 0 Å². The van der Waals surface area contributed by atoms with Crippen LogP contribution >= 0.6 is 31.9 Å². The standard InChI is InChI=1S/C12H15Br2NO/c1-3-12(2,8-13)15-11(16)9-5-4-6-10(14)7-9/h4-7H,3,8H2,1-2H3,(H,15,16). The highest BCUT2D eigenvalue weighted by Gasteiger charge is 2.23. The van der Waals surface area contributed by atoms with Crippen LogP contribution < -0.4 is 5.32 Å². The molecule has 4 heteroatoms. The van der Waals surface area contributed by atoms with Crippen LogP contribution in [0.2, 0.25) is 0 Å². The Kier molecular flexibility index (Phi) is 4.99. The van der Waals surface area contributed by atoms with Crippen molar-refractivity contribution in [1.29, 1.82) is 0 Å². The normalized spacial score (nSPS) is 14.2. The van der Waals surface area contributed by atoms with Crippen LogP contribution in [0, 0.1) is 0 Å². The summed E-state index contributed by atoms with van der Waals surface area (Å²) in [5, 5.41) is 3.78. The average molecular weight is 349 g/mol. The number of carbonyl (C=O) groups is 1. The van der Waals surface area contributed by atoms with Crippen molar-refractivity contribution in [3.63, 3.8) is 0 Å². The van der Waals surface area contributed by atoms with Gasteiger partial charge < -0.3 is 5.32 Å². The fourth-order valence-electron chi connectivity index (χ4n) is 1.19. The molecule has 0 radical (unpaired) electrons. The van der Waals surface area contributed by atoms with Gasteiger partial charge in [-0.1, -0.05) is 44.8 Å². The zero-order chi connectivity index (χ0) is 12.2. The van der Waals surface area contributed by atoms with Crippen LogP contribution in [0.5, 0.6) is 0 Å². The summed E-state index contributed by atoms with van der Waals surface area (Å²) >= 11 is 6.78. The Hall–Kier alpha value is -0.350. The van der Waals surface area contributed by atoms with E-state index in [4.69, 9.17) is 0 Å². The molecule has 0 saturated heterocycles. The molecule has 1 amide bonds. The van der Waals surface area contributed by atoms with Gasteiger partial charge in [0.1, 0.15) is 0 Å². The molecule has 0 heterocycles. The highest BCUT2D eigenvalue weighted by Crippen LogP contribution is 2.16. The molecule has 1 atom stereocenters. The number of carbonyl (C=O) groups excluding carboxylic acids is 1. The predicted molar refractivity (Wildman–Crippen MR) is 74.1 cm³/mol. The molecule has 0 bridgehead atoms. The monoisotopic (exact) mass is 347 g/mol. The first-order chi connectivity index (χ1) is 7.50. The Morgan fingerprint density at radius 3 is 2.69 bits per heavy atom. The third-order valence-corrected chi connectivity index (χ3v) is 4.31. The molecule has 88 valence electrons. The Bertz CT molecular complexity index is 375. The lowest BCUT2D eigenvalue weighted by Crippen LogP contribution is -2.46. The molecule has 1 unspecified atom stereocenters. The minimum Gasteiger partial charge on any atom is -0.346 e. The van der Waals surface area contributed by atoms with E-state index in [0.29, 0.717) is 5.56 Å². The molecule has 0 aliphatic rings. The minimum absolute atomic E-state index is 0.0369. The van der Waals surface area contributed by atoms with Gasteiger partial charge in [-0.15, -0.1) is 0 Å². The number of benzene rings is 1. The van der Waals surface area contributed by atoms with E-state index < -0.39 is 0 Å². The van der Waals surface area contributed by atoms with Gasteiger partial charge in [-0.25, -0.2) is 0 Å². The highest BCUT2D eigenvalue weighted by atomic mass is 79.9. The first kappa shape index (κ1) is 13.7. The first-order valence-electron chi connectivity index (χ1n) is 5.15. The molecule has 0 aromatic heterocycles. The van der Waals surface area contributed by atoms with Gasteiger partial charge in [0.2, 0.25) is 0 Å². The summed E-state index contributed by atoms with van der Waals surface area (Å²) in [5.41, 5.74) is 0.481. The largest absolute Gasteiger partial charge is 0.346 e. The number of hydrogen-bond acceptors (Lipinski definition) is 1. The van der Waals surface area contributed by atoms with Crippen molar-refractivity contribution in [1.82, 2.24) is 5.32 Å². The van der Waals surface area contributed by atoms with Crippen LogP contribution in [0.3, 0.4) is 0 Å². The summed E-state index contributed by atoms with van der Waals surface area (Å²) in [6.45, 7) is 4.08. The topological polar surface area (TPSA) is 29.1 Å². The van der Waals surface area contributed by atoms with Crippen molar-refractivity contribution in [2.75, 3.05) is 5.33 Å². The molecule has 16 heavy (non-hydrogen) atoms. The number of alkyl halides is 1. The lowest BCUT2D eigenvalue weighted by Gasteiger charge is -2.27. The molecule has 0 aliphatic heterocycles. The molecule has 2 nitrogen and oxygen atoms in total. The van der Waals surface area contributed by atoms with Crippen LogP contribution in [0.1, 0.15) is 30.6 Å². The van der Waals surface area contributed by atoms with Crippen LogP contribution in [0.15, 0.2) is 28.7 Å². The van der Waals surface area contributed by atoms with Gasteiger partial charge in [0, 0.05) is 20.9 Å². The molecule has 1 rings (SSSR count). The maximum Gasteiger partial charge on any atom is 0.251 e. The maximum absolute atomic E-state index is 12.0. The molecule has 1 aromatic rings. The number of nitrogens with one attached hydrogen (secondary N) is 1. The van der Waals surface area contributed by atoms with E-state index >= 15 is 0 Å². The van der Waals surface area contributed by atoms with Crippen LogP contribution in [0.25, 0.3) is 0 Å². The molecular formula is C12H15Br2NO. The fraction of sp³-hybridized carbons (Fsp3) is 0.417. The van der Waals surface area contributed by atoms with E-state index in [9.17, 15) is 4.79 Å². The predicted octanol–water partition coefficient (Wildman–Crippen LogP) is 3.74. The Labute approximate surface area is 113 Å². The summed E-state index contributed by atoms with van der Waals surface area (Å²) < 4.78 is 0.914. The fourth-order valence-corrected chi connectivity index (χ4v) is 2.13. The van der Waals surface area contributed by atoms with Gasteiger partial charge in [0.15, 0.2) is 0 Å². The third kappa shape index (κ3) is 3.59. The minimum atomic E-state index is -0.195. The summed E-state index contributed by atoms with van der Waals surface area (Å²) in [5.74, 6) is -0.0369. The molecule has 0 fully saturated rings. The van der Waals surface area contributed by atoms with E-state index in [1.165, 1.54) is 0 Å². The summed E-state index contributed by atoms with van der Waals surface area (Å²) in [6.07, 6.45) is 0.887. The van der Waals surface area contributed by atoms with Gasteiger partial charge in [-0.3, -0.25) is 4.79 Å². The third-order valence-electron chi connectivity index (χ3n) is 2.58. The van der Waals surface area contributed by atoms with Crippen LogP contribution in [-0.4, -0.2) is 16.8 Å². The second-order valence-corrected chi connectivity index (χ2v) is 5.49. The highest BCUT2D eigenvalue weighted by molar-refractivity contribution is 9.10. The van der Waals surface area contributed by atoms with Crippen molar-refractivity contribution < 1.29 is 4.79 Å².